The molecular formula is C9H8ClF2N5. The summed E-state index contributed by atoms with van der Waals surface area (Å²) in [5.41, 5.74) is 2.19. The van der Waals surface area contributed by atoms with E-state index >= 15 is 0 Å². The van der Waals surface area contributed by atoms with Crippen molar-refractivity contribution in [3.8, 4) is 11.4 Å². The molecule has 1 aromatic heterocycles. The molecule has 90 valence electrons. The number of hydrogen-bond acceptors (Lipinski definition) is 4. The van der Waals surface area contributed by atoms with Crippen LogP contribution in [0.1, 0.15) is 5.82 Å². The second-order valence-corrected chi connectivity index (χ2v) is 3.46. The number of nitrogens with two attached hydrogens (primary N) is 1. The molecule has 0 fully saturated rings. The Bertz CT molecular complexity index is 542. The molecule has 0 atom stereocenters. The highest BCUT2D eigenvalue weighted by molar-refractivity contribution is 6.16. The minimum atomic E-state index is -0.820. The van der Waals surface area contributed by atoms with E-state index in [1.807, 2.05) is 0 Å². The third kappa shape index (κ3) is 2.20. The van der Waals surface area contributed by atoms with Crippen molar-refractivity contribution in [1.29, 1.82) is 0 Å². The number of aromatic nitrogens is 3. The Hall–Kier alpha value is -1.73. The van der Waals surface area contributed by atoms with Crippen LogP contribution in [0.15, 0.2) is 12.1 Å². The molecule has 0 aliphatic heterocycles. The van der Waals surface area contributed by atoms with Gasteiger partial charge in [0.2, 0.25) is 0 Å². The smallest absolute Gasteiger partial charge is 0.183 e. The average Bonchev–Trinajstić information content (AvgIpc) is 2.76. The number of nitrogen functional groups attached to an aromatic ring is 1. The second-order valence-electron chi connectivity index (χ2n) is 3.19. The van der Waals surface area contributed by atoms with E-state index in [-0.39, 0.29) is 23.0 Å². The van der Waals surface area contributed by atoms with E-state index in [1.165, 1.54) is 0 Å². The Balaban J connectivity index is 2.57. The maximum atomic E-state index is 13.4. The summed E-state index contributed by atoms with van der Waals surface area (Å²) in [6.45, 7) is 0. The number of nitrogens with one attached hydrogen (secondary N) is 2. The van der Waals surface area contributed by atoms with Crippen LogP contribution in [-0.2, 0) is 5.88 Å². The van der Waals surface area contributed by atoms with Crippen LogP contribution in [0, 0.1) is 11.6 Å². The minimum absolute atomic E-state index is 0.0773. The van der Waals surface area contributed by atoms with Crippen LogP contribution in [0.5, 0.6) is 0 Å². The standard InChI is InChI=1S/C9H8ClF2N5/c10-3-7-14-9(17-16-7)5-1-4(11)2-6(12)8(5)15-13/h1-2,15H,3,13H2,(H,14,16,17). The van der Waals surface area contributed by atoms with Crippen molar-refractivity contribution >= 4 is 17.3 Å². The molecular weight excluding hydrogens is 252 g/mol. The molecule has 1 aromatic carbocycles. The number of H-pyrrole nitrogens is 1. The van der Waals surface area contributed by atoms with Crippen LogP contribution in [0.2, 0.25) is 0 Å². The number of alkyl halides is 1. The first-order valence-electron chi connectivity index (χ1n) is 4.59. The first-order valence-corrected chi connectivity index (χ1v) is 5.12. The molecule has 0 saturated heterocycles. The van der Waals surface area contributed by atoms with Crippen molar-refractivity contribution in [2.45, 2.75) is 5.88 Å². The van der Waals surface area contributed by atoms with Gasteiger partial charge in [-0.25, -0.2) is 13.8 Å². The Morgan fingerprint density at radius 1 is 1.41 bits per heavy atom. The van der Waals surface area contributed by atoms with Crippen molar-refractivity contribution in [3.05, 3.63) is 29.6 Å². The van der Waals surface area contributed by atoms with Gasteiger partial charge in [-0.15, -0.1) is 11.6 Å². The lowest BCUT2D eigenvalue weighted by atomic mass is 10.1. The van der Waals surface area contributed by atoms with Gasteiger partial charge in [-0.2, -0.15) is 5.10 Å². The fourth-order valence-corrected chi connectivity index (χ4v) is 1.49. The second kappa shape index (κ2) is 4.64. The van der Waals surface area contributed by atoms with E-state index in [1.54, 1.807) is 0 Å². The molecule has 0 aliphatic carbocycles. The van der Waals surface area contributed by atoms with Gasteiger partial charge in [0.15, 0.2) is 11.6 Å². The van der Waals surface area contributed by atoms with E-state index in [9.17, 15) is 8.78 Å². The summed E-state index contributed by atoms with van der Waals surface area (Å²) in [6, 6.07) is 1.80. The first kappa shape index (κ1) is 11.7. The molecule has 2 aromatic rings. The zero-order chi connectivity index (χ0) is 12.4. The quantitative estimate of drug-likeness (QED) is 0.446. The molecule has 0 bridgehead atoms. The van der Waals surface area contributed by atoms with E-state index in [0.29, 0.717) is 11.9 Å². The lowest BCUT2D eigenvalue weighted by Gasteiger charge is -2.07. The van der Waals surface area contributed by atoms with Gasteiger partial charge in [0.05, 0.1) is 17.1 Å². The normalized spacial score (nSPS) is 10.6. The van der Waals surface area contributed by atoms with Gasteiger partial charge in [0.1, 0.15) is 11.6 Å². The summed E-state index contributed by atoms with van der Waals surface area (Å²) in [5, 5.41) is 6.34. The minimum Gasteiger partial charge on any atom is -0.321 e. The van der Waals surface area contributed by atoms with Gasteiger partial charge >= 0.3 is 0 Å². The van der Waals surface area contributed by atoms with E-state index in [2.05, 4.69) is 20.6 Å². The lowest BCUT2D eigenvalue weighted by molar-refractivity contribution is 0.586. The number of hydrazine groups is 1. The van der Waals surface area contributed by atoms with Gasteiger partial charge in [0.25, 0.3) is 0 Å². The Morgan fingerprint density at radius 2 is 2.18 bits per heavy atom. The molecule has 0 unspecified atom stereocenters. The highest BCUT2D eigenvalue weighted by Crippen LogP contribution is 2.28. The molecule has 0 spiro atoms. The van der Waals surface area contributed by atoms with Gasteiger partial charge in [-0.1, -0.05) is 0 Å². The molecule has 2 rings (SSSR count). The van der Waals surface area contributed by atoms with Crippen LogP contribution in [0.3, 0.4) is 0 Å². The molecule has 8 heteroatoms. The average molecular weight is 260 g/mol. The van der Waals surface area contributed by atoms with Gasteiger partial charge in [-0.3, -0.25) is 10.9 Å². The number of hydrogen-bond donors (Lipinski definition) is 3. The zero-order valence-corrected chi connectivity index (χ0v) is 9.22. The van der Waals surface area contributed by atoms with Gasteiger partial charge < -0.3 is 5.43 Å². The topological polar surface area (TPSA) is 79.6 Å². The summed E-state index contributed by atoms with van der Waals surface area (Å²) in [7, 11) is 0. The third-order valence-corrected chi connectivity index (χ3v) is 2.35. The molecule has 5 nitrogen and oxygen atoms in total. The Labute approximate surface area is 100.0 Å². The fourth-order valence-electron chi connectivity index (χ4n) is 1.37. The van der Waals surface area contributed by atoms with Crippen molar-refractivity contribution in [2.24, 2.45) is 5.84 Å². The number of benzene rings is 1. The summed E-state index contributed by atoms with van der Waals surface area (Å²) in [6.07, 6.45) is 0. The number of rotatable bonds is 3. The first-order chi connectivity index (χ1) is 8.15. The van der Waals surface area contributed by atoms with Gasteiger partial charge in [0, 0.05) is 6.07 Å². The molecule has 0 aliphatic rings. The summed E-state index contributed by atoms with van der Waals surface area (Å²) < 4.78 is 26.5. The third-order valence-electron chi connectivity index (χ3n) is 2.10. The van der Waals surface area contributed by atoms with E-state index in [0.717, 1.165) is 6.07 Å². The molecule has 4 N–H and O–H groups in total. The van der Waals surface area contributed by atoms with Crippen LogP contribution in [-0.4, -0.2) is 15.2 Å². The molecule has 0 radical (unpaired) electrons. The van der Waals surface area contributed by atoms with Crippen LogP contribution < -0.4 is 11.3 Å². The molecule has 0 saturated carbocycles. The van der Waals surface area contributed by atoms with E-state index in [4.69, 9.17) is 17.4 Å². The SMILES string of the molecule is NNc1c(F)cc(F)cc1-c1n[nH]c(CCl)n1. The number of halogens is 3. The van der Waals surface area contributed by atoms with Crippen LogP contribution >= 0.6 is 11.6 Å². The fraction of sp³-hybridized carbons (Fsp3) is 0.111. The number of nitrogens with zero attached hydrogens (tertiary/aromatic N) is 2. The van der Waals surface area contributed by atoms with Crippen LogP contribution in [0.25, 0.3) is 11.4 Å². The van der Waals surface area contributed by atoms with E-state index < -0.39 is 11.6 Å². The Morgan fingerprint density at radius 3 is 2.76 bits per heavy atom. The van der Waals surface area contributed by atoms with Crippen molar-refractivity contribution in [1.82, 2.24) is 15.2 Å². The van der Waals surface area contributed by atoms with Crippen molar-refractivity contribution in [2.75, 3.05) is 5.43 Å². The summed E-state index contributed by atoms with van der Waals surface area (Å²) >= 11 is 5.54. The highest BCUT2D eigenvalue weighted by Gasteiger charge is 2.15. The number of aromatic amines is 1. The summed E-state index contributed by atoms with van der Waals surface area (Å²) in [4.78, 5) is 3.96. The molecule has 17 heavy (non-hydrogen) atoms. The monoisotopic (exact) mass is 259 g/mol. The number of anilines is 1. The Kier molecular flexibility index (Phi) is 3.21. The molecule has 1 heterocycles. The van der Waals surface area contributed by atoms with Gasteiger partial charge in [-0.05, 0) is 6.07 Å². The maximum Gasteiger partial charge on any atom is 0.183 e. The van der Waals surface area contributed by atoms with Crippen molar-refractivity contribution < 1.29 is 8.78 Å². The molecule has 0 amide bonds. The largest absolute Gasteiger partial charge is 0.321 e. The zero-order valence-electron chi connectivity index (χ0n) is 8.47. The predicted octanol–water partition coefficient (Wildman–Crippen LogP) is 1.77. The van der Waals surface area contributed by atoms with Crippen LogP contribution in [0.4, 0.5) is 14.5 Å². The van der Waals surface area contributed by atoms with Crippen molar-refractivity contribution in [3.63, 3.8) is 0 Å². The summed E-state index contributed by atoms with van der Waals surface area (Å²) in [5.74, 6) is 4.25. The maximum absolute atomic E-state index is 13.4. The lowest BCUT2D eigenvalue weighted by Crippen LogP contribution is -2.10. The highest BCUT2D eigenvalue weighted by atomic mass is 35.5. The predicted molar refractivity (Wildman–Crippen MR) is 59.1 cm³/mol.